The highest BCUT2D eigenvalue weighted by atomic mass is 19.1. The first-order chi connectivity index (χ1) is 13.4. The van der Waals surface area contributed by atoms with Crippen molar-refractivity contribution in [2.45, 2.75) is 31.7 Å². The highest BCUT2D eigenvalue weighted by Gasteiger charge is 2.54. The lowest BCUT2D eigenvalue weighted by Crippen LogP contribution is -2.36. The van der Waals surface area contributed by atoms with Crippen LogP contribution in [0.5, 0.6) is 0 Å². The molecule has 6 nitrogen and oxygen atoms in total. The summed E-state index contributed by atoms with van der Waals surface area (Å²) >= 11 is 0. The lowest BCUT2D eigenvalue weighted by Gasteiger charge is -2.27. The van der Waals surface area contributed by atoms with Crippen molar-refractivity contribution in [2.75, 3.05) is 7.11 Å². The topological polar surface area (TPSA) is 81.2 Å². The average molecular weight is 387 g/mol. The van der Waals surface area contributed by atoms with E-state index in [4.69, 9.17) is 4.74 Å². The fourth-order valence-electron chi connectivity index (χ4n) is 4.50. The molecule has 1 N–H and O–H groups in total. The van der Waals surface area contributed by atoms with E-state index < -0.39 is 17.0 Å². The Labute approximate surface area is 160 Å². The molecule has 0 unspecified atom stereocenters. The van der Waals surface area contributed by atoms with Gasteiger partial charge in [-0.3, -0.25) is 9.59 Å². The zero-order valence-corrected chi connectivity index (χ0v) is 15.2. The van der Waals surface area contributed by atoms with Crippen LogP contribution in [0.15, 0.2) is 30.6 Å². The molecule has 1 aliphatic heterocycles. The Kier molecular flexibility index (Phi) is 4.56. The van der Waals surface area contributed by atoms with Crippen molar-refractivity contribution in [1.29, 1.82) is 0 Å². The van der Waals surface area contributed by atoms with Crippen molar-refractivity contribution >= 4 is 11.9 Å². The number of halogens is 2. The molecule has 1 aromatic carbocycles. The molecule has 28 heavy (non-hydrogen) atoms. The maximum absolute atomic E-state index is 14.3. The van der Waals surface area contributed by atoms with E-state index in [0.29, 0.717) is 25.7 Å². The van der Waals surface area contributed by atoms with E-state index >= 15 is 0 Å². The number of hydrogen-bond acceptors (Lipinski definition) is 5. The van der Waals surface area contributed by atoms with Crippen LogP contribution in [0.4, 0.5) is 8.78 Å². The van der Waals surface area contributed by atoms with Gasteiger partial charge in [-0.05, 0) is 42.9 Å². The van der Waals surface area contributed by atoms with E-state index in [9.17, 15) is 18.4 Å². The average Bonchev–Trinajstić information content (AvgIpc) is 3.18. The lowest BCUT2D eigenvalue weighted by molar-refractivity contribution is -0.153. The predicted molar refractivity (Wildman–Crippen MR) is 94.8 cm³/mol. The first kappa shape index (κ1) is 18.5. The molecule has 1 saturated carbocycles. The number of fused-ring (bicyclic) bond motifs is 1. The summed E-state index contributed by atoms with van der Waals surface area (Å²) in [4.78, 5) is 31.9. The molecule has 146 valence electrons. The number of amides is 1. The number of carbonyl (C=O) groups excluding carboxylic acids is 2. The molecule has 0 spiro atoms. The molecule has 8 heteroatoms. The molecule has 2 heterocycles. The van der Waals surface area contributed by atoms with E-state index in [0.717, 1.165) is 18.0 Å². The van der Waals surface area contributed by atoms with Crippen LogP contribution in [0.1, 0.15) is 24.8 Å². The van der Waals surface area contributed by atoms with Gasteiger partial charge >= 0.3 is 5.97 Å². The molecule has 2 aliphatic rings. The smallest absolute Gasteiger partial charge is 0.312 e. The highest BCUT2D eigenvalue weighted by molar-refractivity contribution is 5.82. The Balaban J connectivity index is 1.65. The molecule has 2 fully saturated rings. The highest BCUT2D eigenvalue weighted by Crippen LogP contribution is 2.48. The Hall–Kier alpha value is -2.90. The van der Waals surface area contributed by atoms with Gasteiger partial charge in [0.1, 0.15) is 5.82 Å². The van der Waals surface area contributed by atoms with Gasteiger partial charge in [-0.15, -0.1) is 0 Å². The quantitative estimate of drug-likeness (QED) is 0.815. The standard InChI is InChI=1S/C20H19F2N3O3/c1-28-19(27)20(7-12-5-17(26)25-16(12)8-20)6-11-2-3-15(22)14(4-11)18-23-9-13(21)10-24-18/h2-4,9-10,12,16H,5-8H2,1H3,(H,25,26)/t12-,16-,20-/m0/s1. The Morgan fingerprint density at radius 2 is 2.04 bits per heavy atom. The number of carbonyl (C=O) groups is 2. The summed E-state index contributed by atoms with van der Waals surface area (Å²) in [5.41, 5.74) is 0.0846. The van der Waals surface area contributed by atoms with Crippen LogP contribution in [-0.2, 0) is 20.7 Å². The lowest BCUT2D eigenvalue weighted by atomic mass is 9.78. The number of benzene rings is 1. The second-order valence-corrected chi connectivity index (χ2v) is 7.53. The SMILES string of the molecule is COC(=O)[C@@]1(Cc2ccc(F)c(-c3ncc(F)cn3)c2)C[C@@H]2CC(=O)N[C@H]2C1. The molecule has 3 atom stereocenters. The molecule has 4 rings (SSSR count). The maximum atomic E-state index is 14.3. The Morgan fingerprint density at radius 3 is 2.71 bits per heavy atom. The molecule has 1 aromatic heterocycles. The molecular formula is C20H19F2N3O3. The first-order valence-corrected chi connectivity index (χ1v) is 9.04. The van der Waals surface area contributed by atoms with E-state index in [1.54, 1.807) is 12.1 Å². The summed E-state index contributed by atoms with van der Waals surface area (Å²) < 4.78 is 32.4. The molecule has 1 saturated heterocycles. The first-order valence-electron chi connectivity index (χ1n) is 9.04. The van der Waals surface area contributed by atoms with Gasteiger partial charge in [-0.2, -0.15) is 0 Å². The number of esters is 1. The van der Waals surface area contributed by atoms with E-state index in [1.807, 2.05) is 0 Å². The van der Waals surface area contributed by atoms with Gasteiger partial charge in [0, 0.05) is 12.5 Å². The van der Waals surface area contributed by atoms with Crippen molar-refractivity contribution in [3.63, 3.8) is 0 Å². The van der Waals surface area contributed by atoms with E-state index in [-0.39, 0.29) is 35.2 Å². The molecule has 1 amide bonds. The van der Waals surface area contributed by atoms with Gasteiger partial charge in [0.15, 0.2) is 11.6 Å². The summed E-state index contributed by atoms with van der Waals surface area (Å²) in [5, 5.41) is 2.92. The molecule has 2 aromatic rings. The normalized spacial score (nSPS) is 26.0. The van der Waals surface area contributed by atoms with Crippen LogP contribution >= 0.6 is 0 Å². The monoisotopic (exact) mass is 387 g/mol. The molecule has 0 bridgehead atoms. The third kappa shape index (κ3) is 3.23. The minimum absolute atomic E-state index is 0.00555. The zero-order chi connectivity index (χ0) is 19.9. The van der Waals surface area contributed by atoms with Gasteiger partial charge in [-0.25, -0.2) is 18.7 Å². The summed E-state index contributed by atoms with van der Waals surface area (Å²) in [6, 6.07) is 4.44. The van der Waals surface area contributed by atoms with Crippen molar-refractivity contribution in [3.05, 3.63) is 47.8 Å². The number of rotatable bonds is 4. The van der Waals surface area contributed by atoms with Gasteiger partial charge < -0.3 is 10.1 Å². The van der Waals surface area contributed by atoms with Crippen molar-refractivity contribution in [1.82, 2.24) is 15.3 Å². The number of methoxy groups -OCH3 is 1. The third-order valence-corrected chi connectivity index (χ3v) is 5.68. The van der Waals surface area contributed by atoms with Crippen LogP contribution in [0, 0.1) is 23.0 Å². The van der Waals surface area contributed by atoms with Crippen LogP contribution in [0.25, 0.3) is 11.4 Å². The van der Waals surface area contributed by atoms with Crippen molar-refractivity contribution in [2.24, 2.45) is 11.3 Å². The fraction of sp³-hybridized carbons (Fsp3) is 0.400. The fourth-order valence-corrected chi connectivity index (χ4v) is 4.50. The summed E-state index contributed by atoms with van der Waals surface area (Å²) in [7, 11) is 1.35. The zero-order valence-electron chi connectivity index (χ0n) is 15.2. The number of hydrogen-bond donors (Lipinski definition) is 1. The van der Waals surface area contributed by atoms with E-state index in [1.165, 1.54) is 13.2 Å². The number of aromatic nitrogens is 2. The van der Waals surface area contributed by atoms with Crippen molar-refractivity contribution < 1.29 is 23.1 Å². The summed E-state index contributed by atoms with van der Waals surface area (Å²) in [6.45, 7) is 0. The molecule has 1 aliphatic carbocycles. The predicted octanol–water partition coefficient (Wildman–Crippen LogP) is 2.42. The van der Waals surface area contributed by atoms with Crippen molar-refractivity contribution in [3.8, 4) is 11.4 Å². The van der Waals surface area contributed by atoms with Crippen LogP contribution in [-0.4, -0.2) is 35.0 Å². The van der Waals surface area contributed by atoms with Gasteiger partial charge in [0.05, 0.1) is 30.5 Å². The Bertz CT molecular complexity index is 917. The van der Waals surface area contributed by atoms with Crippen LogP contribution in [0.2, 0.25) is 0 Å². The minimum Gasteiger partial charge on any atom is -0.469 e. The number of ether oxygens (including phenoxy) is 1. The maximum Gasteiger partial charge on any atom is 0.312 e. The summed E-state index contributed by atoms with van der Waals surface area (Å²) in [5.74, 6) is -1.30. The van der Waals surface area contributed by atoms with Crippen LogP contribution < -0.4 is 5.32 Å². The minimum atomic E-state index is -0.781. The summed E-state index contributed by atoms with van der Waals surface area (Å²) in [6.07, 6.45) is 3.72. The van der Waals surface area contributed by atoms with Gasteiger partial charge in [0.2, 0.25) is 5.91 Å². The van der Waals surface area contributed by atoms with Gasteiger partial charge in [-0.1, -0.05) is 6.07 Å². The number of nitrogens with one attached hydrogen (secondary N) is 1. The second kappa shape index (κ2) is 6.92. The largest absolute Gasteiger partial charge is 0.469 e. The second-order valence-electron chi connectivity index (χ2n) is 7.53. The van der Waals surface area contributed by atoms with Crippen LogP contribution in [0.3, 0.4) is 0 Å². The van der Waals surface area contributed by atoms with Gasteiger partial charge in [0.25, 0.3) is 0 Å². The number of nitrogens with zero attached hydrogens (tertiary/aromatic N) is 2. The Morgan fingerprint density at radius 1 is 1.29 bits per heavy atom. The third-order valence-electron chi connectivity index (χ3n) is 5.68. The molecule has 0 radical (unpaired) electrons. The molecular weight excluding hydrogens is 368 g/mol. The van der Waals surface area contributed by atoms with E-state index in [2.05, 4.69) is 15.3 Å².